The van der Waals surface area contributed by atoms with E-state index < -0.39 is 22.0 Å². The molecule has 0 aliphatic carbocycles. The molecular weight excluding hydrogens is 464 g/mol. The van der Waals surface area contributed by atoms with Gasteiger partial charge in [-0.05, 0) is 60.7 Å². The van der Waals surface area contributed by atoms with E-state index in [1.807, 2.05) is 47.2 Å². The van der Waals surface area contributed by atoms with Crippen LogP contribution in [0.4, 0.5) is 0 Å². The number of sulfonamides is 1. The first kappa shape index (κ1) is 26.4. The van der Waals surface area contributed by atoms with Crippen molar-refractivity contribution >= 4 is 15.9 Å². The van der Waals surface area contributed by atoms with Crippen LogP contribution < -0.4 is 14.8 Å². The number of aliphatic hydroxyl groups excluding tert-OH is 1. The fourth-order valence-electron chi connectivity index (χ4n) is 3.70. The van der Waals surface area contributed by atoms with Crippen LogP contribution in [0.1, 0.15) is 40.9 Å². The highest BCUT2D eigenvalue weighted by atomic mass is 32.2. The van der Waals surface area contributed by atoms with Gasteiger partial charge in [0.2, 0.25) is 10.0 Å². The Balaban J connectivity index is 1.55. The number of aryl methyl sites for hydroxylation is 1. The van der Waals surface area contributed by atoms with Crippen LogP contribution in [0.3, 0.4) is 0 Å². The molecule has 0 heterocycles. The Labute approximate surface area is 207 Å². The summed E-state index contributed by atoms with van der Waals surface area (Å²) in [6.07, 6.45) is 2.27. The lowest BCUT2D eigenvalue weighted by Gasteiger charge is -2.13. The third-order valence-corrected chi connectivity index (χ3v) is 5.99. The topological polar surface area (TPSA) is 105 Å². The number of ether oxygens (including phenoxy) is 1. The molecule has 0 fully saturated rings. The molecule has 0 aromatic heterocycles. The molecule has 0 radical (unpaired) electrons. The second kappa shape index (κ2) is 12.5. The molecular formula is C27H32N2O5S. The van der Waals surface area contributed by atoms with E-state index in [4.69, 9.17) is 4.74 Å². The molecule has 186 valence electrons. The average molecular weight is 497 g/mol. The van der Waals surface area contributed by atoms with E-state index in [0.717, 1.165) is 42.3 Å². The number of rotatable bonds is 12. The molecule has 3 aromatic carbocycles. The van der Waals surface area contributed by atoms with Crippen LogP contribution in [0.5, 0.6) is 5.75 Å². The largest absolute Gasteiger partial charge is 0.493 e. The normalized spacial score (nSPS) is 12.2. The highest BCUT2D eigenvalue weighted by molar-refractivity contribution is 7.89. The first-order valence-electron chi connectivity index (χ1n) is 11.6. The van der Waals surface area contributed by atoms with Gasteiger partial charge in [-0.3, -0.25) is 4.79 Å². The van der Waals surface area contributed by atoms with Crippen molar-refractivity contribution in [2.45, 2.75) is 25.9 Å². The van der Waals surface area contributed by atoms with Gasteiger partial charge in [0.15, 0.2) is 0 Å². The van der Waals surface area contributed by atoms with E-state index >= 15 is 0 Å². The van der Waals surface area contributed by atoms with Crippen molar-refractivity contribution in [2.24, 2.45) is 0 Å². The molecule has 0 saturated heterocycles. The summed E-state index contributed by atoms with van der Waals surface area (Å²) in [7, 11) is -3.67. The maximum Gasteiger partial charge on any atom is 0.268 e. The van der Waals surface area contributed by atoms with E-state index in [-0.39, 0.29) is 5.56 Å². The summed E-state index contributed by atoms with van der Waals surface area (Å²) in [4.78, 5) is 12.3. The van der Waals surface area contributed by atoms with Crippen molar-refractivity contribution < 1.29 is 23.1 Å². The van der Waals surface area contributed by atoms with Gasteiger partial charge >= 0.3 is 0 Å². The van der Waals surface area contributed by atoms with Gasteiger partial charge < -0.3 is 15.2 Å². The summed E-state index contributed by atoms with van der Waals surface area (Å²) in [6, 6.07) is 22.9. The number of amides is 1. The average Bonchev–Trinajstić information content (AvgIpc) is 2.84. The lowest BCUT2D eigenvalue weighted by atomic mass is 10.00. The molecule has 0 bridgehead atoms. The van der Waals surface area contributed by atoms with Crippen LogP contribution in [0.2, 0.25) is 0 Å². The Kier molecular flexibility index (Phi) is 9.42. The van der Waals surface area contributed by atoms with Crippen molar-refractivity contribution in [3.63, 3.8) is 0 Å². The summed E-state index contributed by atoms with van der Waals surface area (Å²) in [5.41, 5.74) is 4.12. The Bertz CT molecular complexity index is 1210. The molecule has 1 amide bonds. The summed E-state index contributed by atoms with van der Waals surface area (Å²) in [5.74, 6) is -0.387. The molecule has 35 heavy (non-hydrogen) atoms. The highest BCUT2D eigenvalue weighted by Crippen LogP contribution is 2.28. The van der Waals surface area contributed by atoms with Crippen LogP contribution in [-0.4, -0.2) is 45.4 Å². The van der Waals surface area contributed by atoms with E-state index in [2.05, 4.69) is 17.4 Å². The smallest absolute Gasteiger partial charge is 0.268 e. The number of carbonyl (C=O) groups excluding carboxylic acids is 1. The fourth-order valence-corrected chi connectivity index (χ4v) is 4.15. The van der Waals surface area contributed by atoms with E-state index in [1.54, 1.807) is 25.1 Å². The van der Waals surface area contributed by atoms with Crippen LogP contribution in [0.15, 0.2) is 72.8 Å². The minimum absolute atomic E-state index is 0.169. The van der Waals surface area contributed by atoms with Gasteiger partial charge in [-0.15, -0.1) is 0 Å². The standard InChI is InChI=1S/C27H32N2O5S/c1-3-34-26-18-23(15-16-24(26)27(31)29-35(2,32)33)21-13-11-20(12-14-21)8-7-17-28-19-25(30)22-9-5-4-6-10-22/h4-6,9-16,18,25,28,30H,3,7-8,17,19H2,1-2H3,(H,29,31)/t25-/m1/s1. The van der Waals surface area contributed by atoms with Crippen LogP contribution in [0, 0.1) is 0 Å². The number of hydrogen-bond acceptors (Lipinski definition) is 6. The lowest BCUT2D eigenvalue weighted by Crippen LogP contribution is -2.29. The zero-order valence-corrected chi connectivity index (χ0v) is 20.8. The van der Waals surface area contributed by atoms with Gasteiger partial charge in [0, 0.05) is 6.54 Å². The van der Waals surface area contributed by atoms with Crippen LogP contribution in [0.25, 0.3) is 11.1 Å². The number of benzene rings is 3. The van der Waals surface area contributed by atoms with E-state index in [1.165, 1.54) is 5.56 Å². The molecule has 0 aliphatic heterocycles. The van der Waals surface area contributed by atoms with Gasteiger partial charge in [0.1, 0.15) is 5.75 Å². The summed E-state index contributed by atoms with van der Waals surface area (Å²) in [6.45, 7) is 3.47. The maximum atomic E-state index is 12.3. The van der Waals surface area contributed by atoms with Crippen LogP contribution >= 0.6 is 0 Å². The van der Waals surface area contributed by atoms with Crippen molar-refractivity contribution in [2.75, 3.05) is 26.0 Å². The third kappa shape index (κ3) is 8.20. The van der Waals surface area contributed by atoms with Gasteiger partial charge in [-0.2, -0.15) is 0 Å². The van der Waals surface area contributed by atoms with Crippen molar-refractivity contribution in [1.29, 1.82) is 0 Å². The highest BCUT2D eigenvalue weighted by Gasteiger charge is 2.17. The van der Waals surface area contributed by atoms with E-state index in [0.29, 0.717) is 18.9 Å². The monoisotopic (exact) mass is 496 g/mol. The predicted molar refractivity (Wildman–Crippen MR) is 138 cm³/mol. The van der Waals surface area contributed by atoms with E-state index in [9.17, 15) is 18.3 Å². The molecule has 0 unspecified atom stereocenters. The van der Waals surface area contributed by atoms with Crippen molar-refractivity contribution in [3.05, 3.63) is 89.5 Å². The van der Waals surface area contributed by atoms with Gasteiger partial charge in [-0.1, -0.05) is 60.7 Å². The molecule has 7 nitrogen and oxygen atoms in total. The van der Waals surface area contributed by atoms with Gasteiger partial charge in [0.05, 0.1) is 24.5 Å². The molecule has 0 spiro atoms. The van der Waals surface area contributed by atoms with Crippen molar-refractivity contribution in [3.8, 4) is 16.9 Å². The molecule has 8 heteroatoms. The molecule has 3 rings (SSSR count). The quantitative estimate of drug-likeness (QED) is 0.330. The fraction of sp³-hybridized carbons (Fsp3) is 0.296. The number of hydrogen-bond donors (Lipinski definition) is 3. The third-order valence-electron chi connectivity index (χ3n) is 5.43. The predicted octanol–water partition coefficient (Wildman–Crippen LogP) is 3.70. The number of nitrogens with one attached hydrogen (secondary N) is 2. The zero-order valence-electron chi connectivity index (χ0n) is 20.0. The minimum atomic E-state index is -3.67. The maximum absolute atomic E-state index is 12.3. The molecule has 0 aliphatic rings. The van der Waals surface area contributed by atoms with Crippen molar-refractivity contribution in [1.82, 2.24) is 10.0 Å². The van der Waals surface area contributed by atoms with Gasteiger partial charge in [-0.25, -0.2) is 13.1 Å². The second-order valence-electron chi connectivity index (χ2n) is 8.28. The Morgan fingerprint density at radius 1 is 1.00 bits per heavy atom. The van der Waals surface area contributed by atoms with Crippen LogP contribution in [-0.2, 0) is 16.4 Å². The SMILES string of the molecule is CCOc1cc(-c2ccc(CCCNC[C@@H](O)c3ccccc3)cc2)ccc1C(=O)NS(C)(=O)=O. The molecule has 0 saturated carbocycles. The first-order chi connectivity index (χ1) is 16.8. The first-order valence-corrected chi connectivity index (χ1v) is 13.5. The number of aliphatic hydroxyl groups is 1. The Hall–Kier alpha value is -3.20. The molecule has 1 atom stereocenters. The lowest BCUT2D eigenvalue weighted by molar-refractivity contribution is 0.0978. The Morgan fingerprint density at radius 3 is 2.34 bits per heavy atom. The summed E-state index contributed by atoms with van der Waals surface area (Å²) in [5, 5.41) is 13.5. The molecule has 3 aromatic rings. The molecule has 3 N–H and O–H groups in total. The van der Waals surface area contributed by atoms with Gasteiger partial charge in [0.25, 0.3) is 5.91 Å². The summed E-state index contributed by atoms with van der Waals surface area (Å²) < 4.78 is 30.4. The summed E-state index contributed by atoms with van der Waals surface area (Å²) >= 11 is 0. The zero-order chi connectivity index (χ0) is 25.3. The minimum Gasteiger partial charge on any atom is -0.493 e. The second-order valence-corrected chi connectivity index (χ2v) is 10.0. The Morgan fingerprint density at radius 2 is 1.69 bits per heavy atom. The number of carbonyl (C=O) groups is 1.